The van der Waals surface area contributed by atoms with Gasteiger partial charge in [0.15, 0.2) is 6.19 Å². The summed E-state index contributed by atoms with van der Waals surface area (Å²) in [6, 6.07) is 0. The molecule has 96 valence electrons. The zero-order chi connectivity index (χ0) is 14.1. The number of hydrogen-bond donors (Lipinski definition) is 3. The average molecular weight is 286 g/mol. The average Bonchev–Trinajstić information content (AvgIpc) is 2.15. The van der Waals surface area contributed by atoms with Crippen LogP contribution in [0.1, 0.15) is 12.8 Å². The van der Waals surface area contributed by atoms with E-state index in [0.717, 1.165) is 0 Å². The molecule has 0 aliphatic carbocycles. The van der Waals surface area contributed by atoms with E-state index in [-0.39, 0.29) is 37.7 Å². The Morgan fingerprint density at radius 1 is 1.33 bits per heavy atom. The molecule has 0 spiro atoms. The van der Waals surface area contributed by atoms with Gasteiger partial charge in [-0.25, -0.2) is 0 Å². The molecule has 0 aromatic rings. The van der Waals surface area contributed by atoms with Crippen LogP contribution >= 0.6 is 0 Å². The molecule has 3 N–H and O–H groups in total. The Balaban J connectivity index is -0.000000392. The van der Waals surface area contributed by atoms with Crippen LogP contribution in [0.4, 0.5) is 0 Å². The number of carbonyl (C=O) groups excluding carboxylic acids is 2. The van der Waals surface area contributed by atoms with Crippen molar-refractivity contribution in [1.29, 1.82) is 5.26 Å². The molecule has 0 rings (SSSR count). The van der Waals surface area contributed by atoms with E-state index in [9.17, 15) is 24.6 Å². The van der Waals surface area contributed by atoms with Crippen molar-refractivity contribution < 1.29 is 34.8 Å². The van der Waals surface area contributed by atoms with Gasteiger partial charge >= 0.3 is 43.7 Å². The van der Waals surface area contributed by atoms with Crippen molar-refractivity contribution in [2.75, 3.05) is 7.05 Å². The second kappa shape index (κ2) is 11.0. The predicted octanol–water partition coefficient (Wildman–Crippen LogP) is -4.61. The van der Waals surface area contributed by atoms with E-state index in [4.69, 9.17) is 15.5 Å². The van der Waals surface area contributed by atoms with Gasteiger partial charge in [0, 0.05) is 19.4 Å². The molecular weight excluding hydrogens is 276 g/mol. The summed E-state index contributed by atoms with van der Waals surface area (Å²) >= 11 is 0. The topological polar surface area (TPSA) is 174 Å². The Kier molecular flexibility index (Phi) is 13.6. The molecule has 0 bridgehead atoms. The van der Waals surface area contributed by atoms with Crippen molar-refractivity contribution in [3.8, 4) is 6.19 Å². The maximum absolute atomic E-state index is 10.2. The van der Waals surface area contributed by atoms with Gasteiger partial charge in [-0.3, -0.25) is 4.79 Å². The van der Waals surface area contributed by atoms with Crippen molar-refractivity contribution in [1.82, 2.24) is 5.32 Å². The van der Waals surface area contributed by atoms with Gasteiger partial charge < -0.3 is 35.3 Å². The fraction of sp³-hybridized carbons (Fsp3) is 0.500. The van der Waals surface area contributed by atoms with Crippen molar-refractivity contribution in [3.05, 3.63) is 0 Å². The molecule has 0 aliphatic heterocycles. The molecule has 0 saturated carbocycles. The summed E-state index contributed by atoms with van der Waals surface area (Å²) < 4.78 is 0. The number of carbonyl (C=O) groups is 3. The molecule has 1 unspecified atom stereocenters. The minimum absolute atomic E-state index is 0. The Bertz CT molecular complexity index is 323. The van der Waals surface area contributed by atoms with Gasteiger partial charge in [0.1, 0.15) is 5.60 Å². The molecule has 0 fully saturated rings. The zero-order valence-corrected chi connectivity index (χ0v) is 11.7. The van der Waals surface area contributed by atoms with Gasteiger partial charge in [-0.2, -0.15) is 5.26 Å². The molecule has 9 nitrogen and oxygen atoms in total. The zero-order valence-electron chi connectivity index (χ0n) is 9.50. The number of carboxylic acids is 3. The van der Waals surface area contributed by atoms with E-state index in [1.807, 2.05) is 0 Å². The second-order valence-corrected chi connectivity index (χ2v) is 2.80. The van der Waals surface area contributed by atoms with Gasteiger partial charge in [0.25, 0.3) is 0 Å². The molecule has 10 heteroatoms. The van der Waals surface area contributed by atoms with E-state index in [1.165, 1.54) is 0 Å². The Morgan fingerprint density at radius 2 is 1.72 bits per heavy atom. The standard InChI is InChI=1S/C6H8O7.C2H4N2.Ca/c7-3(8)1-6(13,5(11)12)2-4(9)10;1-4-2-3;/h13H,1-2H2,(H,7,8)(H,9,10)(H,11,12);4H,1H3;/q;;+2/p-2. The number of nitriles is 1. The first-order valence-corrected chi connectivity index (χ1v) is 4.11. The quantitative estimate of drug-likeness (QED) is 0.255. The second-order valence-electron chi connectivity index (χ2n) is 2.80. The maximum atomic E-state index is 10.2. The summed E-state index contributed by atoms with van der Waals surface area (Å²) in [5, 5.41) is 47.0. The summed E-state index contributed by atoms with van der Waals surface area (Å²) in [5.74, 6) is -5.67. The largest absolute Gasteiger partial charge is 2.00 e. The minimum atomic E-state index is -2.91. The Hall–Kier alpha value is -1.08. The molecule has 0 aliphatic rings. The summed E-state index contributed by atoms with van der Waals surface area (Å²) in [7, 11) is 1.57. The fourth-order valence-corrected chi connectivity index (χ4v) is 0.696. The number of aliphatic carboxylic acids is 3. The first-order chi connectivity index (χ1) is 7.69. The van der Waals surface area contributed by atoms with Crippen LogP contribution in [0.3, 0.4) is 0 Å². The fourth-order valence-electron chi connectivity index (χ4n) is 0.696. The first-order valence-electron chi connectivity index (χ1n) is 4.11. The minimum Gasteiger partial charge on any atom is -0.550 e. The van der Waals surface area contributed by atoms with Crippen LogP contribution < -0.4 is 15.5 Å². The van der Waals surface area contributed by atoms with Crippen molar-refractivity contribution in [3.63, 3.8) is 0 Å². The molecule has 18 heavy (non-hydrogen) atoms. The maximum Gasteiger partial charge on any atom is 2.00 e. The molecule has 0 aromatic heterocycles. The van der Waals surface area contributed by atoms with Crippen LogP contribution in [0.15, 0.2) is 0 Å². The summed E-state index contributed by atoms with van der Waals surface area (Å²) in [5.41, 5.74) is -2.91. The van der Waals surface area contributed by atoms with Crippen molar-refractivity contribution in [2.24, 2.45) is 0 Å². The van der Waals surface area contributed by atoms with Crippen molar-refractivity contribution in [2.45, 2.75) is 18.4 Å². The van der Waals surface area contributed by atoms with E-state index in [0.29, 0.717) is 0 Å². The monoisotopic (exact) mass is 286 g/mol. The van der Waals surface area contributed by atoms with Crippen LogP contribution in [-0.2, 0) is 14.4 Å². The smallest absolute Gasteiger partial charge is 0.550 e. The number of aliphatic hydroxyl groups is 1. The number of hydrogen-bond acceptors (Lipinski definition) is 8. The van der Waals surface area contributed by atoms with Gasteiger partial charge in [-0.15, -0.1) is 0 Å². The van der Waals surface area contributed by atoms with Crippen LogP contribution in [0.5, 0.6) is 0 Å². The number of nitrogens with zero attached hydrogens (tertiary/aromatic N) is 1. The molecule has 0 saturated heterocycles. The van der Waals surface area contributed by atoms with Gasteiger partial charge in [-0.1, -0.05) is 0 Å². The number of nitrogens with one attached hydrogen (secondary N) is 1. The van der Waals surface area contributed by atoms with Crippen LogP contribution in [0.2, 0.25) is 0 Å². The SMILES string of the molecule is CNC#N.O=C([O-])CC(O)(CC(=O)O)C(=O)[O-].[Ca+2]. The van der Waals surface area contributed by atoms with Crippen LogP contribution in [0, 0.1) is 11.5 Å². The number of carboxylic acid groups (broad SMARTS) is 3. The van der Waals surface area contributed by atoms with E-state index < -0.39 is 36.4 Å². The van der Waals surface area contributed by atoms with Crippen LogP contribution in [-0.4, -0.2) is 78.5 Å². The van der Waals surface area contributed by atoms with Gasteiger partial charge in [0.2, 0.25) is 0 Å². The summed E-state index contributed by atoms with van der Waals surface area (Å²) in [4.78, 5) is 30.2. The Labute approximate surface area is 132 Å². The molecule has 1 atom stereocenters. The molecular formula is C8H10CaN2O7. The molecule has 0 heterocycles. The summed E-state index contributed by atoms with van der Waals surface area (Å²) in [6.45, 7) is 0. The van der Waals surface area contributed by atoms with Crippen LogP contribution in [0.25, 0.3) is 0 Å². The molecule has 0 radical (unpaired) electrons. The Morgan fingerprint density at radius 3 is 1.89 bits per heavy atom. The first kappa shape index (κ1) is 22.1. The van der Waals surface area contributed by atoms with Gasteiger partial charge in [0.05, 0.1) is 12.4 Å². The van der Waals surface area contributed by atoms with E-state index >= 15 is 0 Å². The number of rotatable bonds is 5. The molecule has 0 aromatic carbocycles. The summed E-state index contributed by atoms with van der Waals surface area (Å²) in [6.07, 6.45) is -0.884. The van der Waals surface area contributed by atoms with E-state index in [1.54, 1.807) is 13.2 Å². The third-order valence-corrected chi connectivity index (χ3v) is 1.37. The normalized spacial score (nSPS) is 11.4. The van der Waals surface area contributed by atoms with E-state index in [2.05, 4.69) is 5.32 Å². The third kappa shape index (κ3) is 11.4. The predicted molar refractivity (Wildman–Crippen MR) is 52.3 cm³/mol. The van der Waals surface area contributed by atoms with Crippen molar-refractivity contribution >= 4 is 55.6 Å². The van der Waals surface area contributed by atoms with Gasteiger partial charge in [-0.05, 0) is 0 Å². The third-order valence-electron chi connectivity index (χ3n) is 1.37. The molecule has 0 amide bonds.